The fraction of sp³-hybridized carbons (Fsp3) is 0.375. The Morgan fingerprint density at radius 2 is 1.88 bits per heavy atom. The molecule has 0 aliphatic rings. The summed E-state index contributed by atoms with van der Waals surface area (Å²) in [6.45, 7) is 7.06. The molecule has 1 N–H and O–H groups in total. The van der Waals surface area contributed by atoms with Crippen LogP contribution in [-0.4, -0.2) is 30.2 Å². The maximum atomic E-state index is 13.9. The molecule has 1 aromatic heterocycles. The summed E-state index contributed by atoms with van der Waals surface area (Å²) >= 11 is 0. The second kappa shape index (κ2) is 12.1. The molecule has 1 atom stereocenters. The number of benzene rings is 1. The molecular weight excluding hydrogens is 453 g/mol. The predicted molar refractivity (Wildman–Crippen MR) is 119 cm³/mol. The van der Waals surface area contributed by atoms with Crippen molar-refractivity contribution < 1.29 is 32.2 Å². The first-order valence-electron chi connectivity index (χ1n) is 10.7. The molecule has 10 heteroatoms. The van der Waals surface area contributed by atoms with Crippen LogP contribution in [-0.2, 0) is 17.8 Å². The van der Waals surface area contributed by atoms with Gasteiger partial charge < -0.3 is 19.4 Å². The summed E-state index contributed by atoms with van der Waals surface area (Å²) in [5.41, 5.74) is -2.01. The van der Waals surface area contributed by atoms with E-state index in [4.69, 9.17) is 9.47 Å². The maximum absolute atomic E-state index is 13.9. The van der Waals surface area contributed by atoms with Gasteiger partial charge in [-0.3, -0.25) is 9.59 Å². The van der Waals surface area contributed by atoms with Crippen LogP contribution >= 0.6 is 0 Å². The number of nitrogens with zero attached hydrogens (tertiary/aromatic N) is 1. The quantitative estimate of drug-likeness (QED) is 0.299. The van der Waals surface area contributed by atoms with E-state index in [1.807, 2.05) is 13.8 Å². The molecule has 1 amide bonds. The minimum absolute atomic E-state index is 0.115. The highest BCUT2D eigenvalue weighted by atomic mass is 19.1. The molecule has 2 rings (SSSR count). The van der Waals surface area contributed by atoms with E-state index >= 15 is 0 Å². The molecule has 0 aliphatic carbocycles. The number of rotatable bonds is 11. The molecule has 0 saturated carbocycles. The van der Waals surface area contributed by atoms with Crippen LogP contribution in [0.25, 0.3) is 0 Å². The van der Waals surface area contributed by atoms with Gasteiger partial charge in [0.05, 0.1) is 13.7 Å². The van der Waals surface area contributed by atoms with Crippen molar-refractivity contribution in [3.05, 3.63) is 75.5 Å². The molecule has 1 aromatic carbocycles. The number of hydrogen-bond acceptors (Lipinski definition) is 5. The van der Waals surface area contributed by atoms with E-state index in [9.17, 15) is 27.6 Å². The Balaban J connectivity index is 2.53. The van der Waals surface area contributed by atoms with Gasteiger partial charge >= 0.3 is 5.97 Å². The van der Waals surface area contributed by atoms with Crippen molar-refractivity contribution in [1.82, 2.24) is 9.88 Å². The zero-order valence-corrected chi connectivity index (χ0v) is 19.3. The Bertz CT molecular complexity index is 1110. The van der Waals surface area contributed by atoms with Crippen molar-refractivity contribution in [2.45, 2.75) is 39.8 Å². The Hall–Kier alpha value is -3.56. The Morgan fingerprint density at radius 3 is 2.44 bits per heavy atom. The first-order chi connectivity index (χ1) is 16.1. The molecule has 1 unspecified atom stereocenters. The number of methoxy groups -OCH3 is 1. The number of pyridine rings is 1. The summed E-state index contributed by atoms with van der Waals surface area (Å²) in [4.78, 5) is 38.5. The van der Waals surface area contributed by atoms with Crippen LogP contribution in [0.2, 0.25) is 0 Å². The molecular formula is C24H27F3N2O5. The van der Waals surface area contributed by atoms with Gasteiger partial charge in [-0.1, -0.05) is 26.3 Å². The Kier molecular flexibility index (Phi) is 9.47. The van der Waals surface area contributed by atoms with Gasteiger partial charge in [-0.05, 0) is 12.3 Å². The Labute approximate surface area is 195 Å². The number of ether oxygens (including phenoxy) is 2. The van der Waals surface area contributed by atoms with Crippen LogP contribution in [0, 0.1) is 23.4 Å². The molecule has 34 heavy (non-hydrogen) atoms. The number of amides is 1. The number of allylic oxidation sites excluding steroid dienone is 1. The maximum Gasteiger partial charge on any atom is 0.358 e. The van der Waals surface area contributed by atoms with Crippen LogP contribution in [0.4, 0.5) is 13.2 Å². The molecule has 184 valence electrons. The molecule has 0 radical (unpaired) electrons. The zero-order chi connectivity index (χ0) is 25.4. The summed E-state index contributed by atoms with van der Waals surface area (Å²) in [5, 5.41) is 2.26. The lowest BCUT2D eigenvalue weighted by Gasteiger charge is -2.19. The monoisotopic (exact) mass is 480 g/mol. The molecule has 7 nitrogen and oxygen atoms in total. The minimum atomic E-state index is -1.18. The van der Waals surface area contributed by atoms with Crippen molar-refractivity contribution >= 4 is 11.9 Å². The third-order valence-corrected chi connectivity index (χ3v) is 5.02. The normalized spacial score (nSPS) is 11.6. The number of aromatic nitrogens is 1. The molecule has 0 fully saturated rings. The van der Waals surface area contributed by atoms with Crippen LogP contribution in [0.1, 0.15) is 53.1 Å². The SMILES string of the molecule is C=CC(C)Cn1cc(C(=O)NCc2c(F)cc(F)cc2F)c(=O)c(OCCCC)c1C(=O)OC. The van der Waals surface area contributed by atoms with E-state index in [-0.39, 0.29) is 30.5 Å². The lowest BCUT2D eigenvalue weighted by atomic mass is 10.1. The van der Waals surface area contributed by atoms with E-state index in [0.717, 1.165) is 19.7 Å². The first kappa shape index (κ1) is 26.7. The van der Waals surface area contributed by atoms with E-state index < -0.39 is 52.4 Å². The smallest absolute Gasteiger partial charge is 0.358 e. The number of carbonyl (C=O) groups excluding carboxylic acids is 2. The van der Waals surface area contributed by atoms with Gasteiger partial charge in [0.2, 0.25) is 5.43 Å². The molecule has 1 heterocycles. The minimum Gasteiger partial charge on any atom is -0.487 e. The van der Waals surface area contributed by atoms with E-state index in [0.29, 0.717) is 18.6 Å². The van der Waals surface area contributed by atoms with Gasteiger partial charge in [0, 0.05) is 37.0 Å². The highest BCUT2D eigenvalue weighted by Gasteiger charge is 2.27. The molecule has 2 aromatic rings. The molecule has 0 saturated heterocycles. The summed E-state index contributed by atoms with van der Waals surface area (Å²) in [6, 6.07) is 0.970. The van der Waals surface area contributed by atoms with Gasteiger partial charge in [0.25, 0.3) is 5.91 Å². The fourth-order valence-electron chi connectivity index (χ4n) is 3.09. The van der Waals surface area contributed by atoms with E-state index in [1.165, 1.54) is 4.57 Å². The summed E-state index contributed by atoms with van der Waals surface area (Å²) in [6.07, 6.45) is 4.12. The number of esters is 1. The first-order valence-corrected chi connectivity index (χ1v) is 10.7. The predicted octanol–water partition coefficient (Wildman–Crippen LogP) is 3.98. The second-order valence-electron chi connectivity index (χ2n) is 7.64. The number of halogens is 3. The van der Waals surface area contributed by atoms with Gasteiger partial charge in [0.15, 0.2) is 11.4 Å². The van der Waals surface area contributed by atoms with Crippen molar-refractivity contribution in [2.24, 2.45) is 5.92 Å². The summed E-state index contributed by atoms with van der Waals surface area (Å²) in [7, 11) is 1.15. The van der Waals surface area contributed by atoms with E-state index in [1.54, 1.807) is 6.08 Å². The fourth-order valence-corrected chi connectivity index (χ4v) is 3.09. The zero-order valence-electron chi connectivity index (χ0n) is 19.3. The standard InChI is InChI=1S/C24H27F3N2O5/c1-5-7-8-34-22-20(24(32)33-4)29(12-14(3)6-2)13-17(21(22)30)23(31)28-11-16-18(26)9-15(25)10-19(16)27/h6,9-10,13-14H,2,5,7-8,11-12H2,1,3-4H3,(H,28,31). The second-order valence-corrected chi connectivity index (χ2v) is 7.64. The highest BCUT2D eigenvalue weighted by Crippen LogP contribution is 2.20. The Morgan fingerprint density at radius 1 is 1.24 bits per heavy atom. The lowest BCUT2D eigenvalue weighted by Crippen LogP contribution is -2.33. The van der Waals surface area contributed by atoms with Crippen LogP contribution < -0.4 is 15.5 Å². The molecule has 0 aliphatic heterocycles. The molecule has 0 bridgehead atoms. The number of nitrogens with one attached hydrogen (secondary N) is 1. The van der Waals surface area contributed by atoms with Gasteiger partial charge in [-0.2, -0.15) is 0 Å². The van der Waals surface area contributed by atoms with Crippen molar-refractivity contribution in [3.8, 4) is 5.75 Å². The topological polar surface area (TPSA) is 86.6 Å². The number of unbranched alkanes of at least 4 members (excludes halogenated alkanes) is 1. The van der Waals surface area contributed by atoms with Crippen molar-refractivity contribution in [3.63, 3.8) is 0 Å². The molecule has 0 spiro atoms. The van der Waals surface area contributed by atoms with Gasteiger partial charge in [0.1, 0.15) is 23.0 Å². The average Bonchev–Trinajstić information content (AvgIpc) is 2.79. The summed E-state index contributed by atoms with van der Waals surface area (Å²) in [5.74, 6) is -5.76. The summed E-state index contributed by atoms with van der Waals surface area (Å²) < 4.78 is 52.8. The van der Waals surface area contributed by atoms with Gasteiger partial charge in [-0.15, -0.1) is 6.58 Å². The van der Waals surface area contributed by atoms with Crippen molar-refractivity contribution in [1.29, 1.82) is 0 Å². The van der Waals surface area contributed by atoms with Gasteiger partial charge in [-0.25, -0.2) is 18.0 Å². The van der Waals surface area contributed by atoms with Crippen LogP contribution in [0.5, 0.6) is 5.75 Å². The highest BCUT2D eigenvalue weighted by molar-refractivity contribution is 5.96. The largest absolute Gasteiger partial charge is 0.487 e. The number of hydrogen-bond donors (Lipinski definition) is 1. The third-order valence-electron chi connectivity index (χ3n) is 5.02. The van der Waals surface area contributed by atoms with Crippen LogP contribution in [0.15, 0.2) is 35.8 Å². The lowest BCUT2D eigenvalue weighted by molar-refractivity contribution is 0.0579. The number of carbonyl (C=O) groups is 2. The average molecular weight is 480 g/mol. The van der Waals surface area contributed by atoms with Crippen LogP contribution in [0.3, 0.4) is 0 Å². The van der Waals surface area contributed by atoms with E-state index in [2.05, 4.69) is 11.9 Å². The third kappa shape index (κ3) is 6.27. The van der Waals surface area contributed by atoms with Crippen molar-refractivity contribution in [2.75, 3.05) is 13.7 Å².